The number of thiazole rings is 1. The summed E-state index contributed by atoms with van der Waals surface area (Å²) in [4.78, 5) is 31.5. The number of carbonyl (C=O) groups excluding carboxylic acids is 2. The van der Waals surface area contributed by atoms with E-state index in [1.54, 1.807) is 29.6 Å². The van der Waals surface area contributed by atoms with Crippen molar-refractivity contribution >= 4 is 40.6 Å². The lowest BCUT2D eigenvalue weighted by Crippen LogP contribution is -2.38. The molecule has 3 aromatic rings. The Kier molecular flexibility index (Phi) is 8.35. The van der Waals surface area contributed by atoms with Crippen molar-refractivity contribution in [1.29, 1.82) is 0 Å². The third-order valence-corrected chi connectivity index (χ3v) is 7.61. The Bertz CT molecular complexity index is 1200. The largest absolute Gasteiger partial charge is 0.393 e. The summed E-state index contributed by atoms with van der Waals surface area (Å²) in [6, 6.07) is 13.3. The number of nitrogens with one attached hydrogen (secondary N) is 1. The van der Waals surface area contributed by atoms with Crippen molar-refractivity contribution in [3.63, 3.8) is 0 Å². The van der Waals surface area contributed by atoms with Crippen LogP contribution in [0.5, 0.6) is 0 Å². The molecule has 4 rings (SSSR count). The van der Waals surface area contributed by atoms with Gasteiger partial charge in [-0.15, -0.1) is 11.3 Å². The molecule has 1 fully saturated rings. The molecule has 0 radical (unpaired) electrons. The fourth-order valence-corrected chi connectivity index (χ4v) is 5.63. The van der Waals surface area contributed by atoms with E-state index >= 15 is 0 Å². The number of benzene rings is 2. The summed E-state index contributed by atoms with van der Waals surface area (Å²) in [7, 11) is 0. The third kappa shape index (κ3) is 6.67. The number of halogens is 3. The van der Waals surface area contributed by atoms with E-state index in [2.05, 4.69) is 10.3 Å². The Morgan fingerprint density at radius 1 is 1.11 bits per heavy atom. The molecule has 0 saturated carbocycles. The van der Waals surface area contributed by atoms with E-state index in [1.165, 1.54) is 35.2 Å². The second-order valence-electron chi connectivity index (χ2n) is 8.65. The number of rotatable bonds is 7. The lowest BCUT2D eigenvalue weighted by molar-refractivity contribution is -0.129. The molecule has 36 heavy (non-hydrogen) atoms. The summed E-state index contributed by atoms with van der Waals surface area (Å²) in [6.45, 7) is 1.39. The highest BCUT2D eigenvalue weighted by Gasteiger charge is 2.28. The van der Waals surface area contributed by atoms with Gasteiger partial charge in [0.05, 0.1) is 17.2 Å². The highest BCUT2D eigenvalue weighted by molar-refractivity contribution is 7.99. The van der Waals surface area contributed by atoms with Crippen molar-refractivity contribution in [3.8, 4) is 11.1 Å². The second-order valence-corrected chi connectivity index (χ2v) is 10.4. The zero-order valence-corrected chi connectivity index (χ0v) is 21.3. The Morgan fingerprint density at radius 3 is 2.47 bits per heavy atom. The number of likely N-dealkylation sites (tertiary alicyclic amines) is 1. The van der Waals surface area contributed by atoms with Crippen LogP contribution in [-0.2, 0) is 11.2 Å². The van der Waals surface area contributed by atoms with Crippen molar-refractivity contribution in [1.82, 2.24) is 9.88 Å². The molecule has 1 aliphatic rings. The molecule has 1 aliphatic heterocycles. The number of amides is 2. The first-order valence-corrected chi connectivity index (χ1v) is 13.8. The smallest absolute Gasteiger partial charge is 0.342 e. The van der Waals surface area contributed by atoms with E-state index in [4.69, 9.17) is 0 Å². The van der Waals surface area contributed by atoms with Crippen molar-refractivity contribution in [2.24, 2.45) is 0 Å². The number of hydrogen-bond acceptors (Lipinski definition) is 5. The number of thioether (sulfide) groups is 1. The van der Waals surface area contributed by atoms with Gasteiger partial charge in [0.1, 0.15) is 5.69 Å². The first-order chi connectivity index (χ1) is 17.2. The normalized spacial score (nSPS) is 14.6. The van der Waals surface area contributed by atoms with Gasteiger partial charge in [0.25, 0.3) is 5.91 Å². The molecule has 2 aromatic carbocycles. The third-order valence-electron chi connectivity index (χ3n) is 6.06. The summed E-state index contributed by atoms with van der Waals surface area (Å²) in [5.41, 5.74) is 2.48. The molecular weight excluding hydrogens is 507 g/mol. The molecule has 5 nitrogen and oxygen atoms in total. The first kappa shape index (κ1) is 26.2. The summed E-state index contributed by atoms with van der Waals surface area (Å²) in [6.07, 6.45) is -1.68. The standard InChI is InChI=1S/C26H26F3N3O2S2/c1-35-16-23(33)32-12-10-19(11-13-32)25-31-22(15-36-25)24(34)30-21-5-3-2-4-20(21)18-8-6-17(7-9-18)14-26(27,28)29/h2-9,15,19H,10-14,16H2,1H3,(H,30,34). The Morgan fingerprint density at radius 2 is 1.81 bits per heavy atom. The molecule has 0 spiro atoms. The van der Waals surface area contributed by atoms with Crippen molar-refractivity contribution in [2.75, 3.05) is 30.4 Å². The molecule has 1 saturated heterocycles. The molecule has 1 N–H and O–H groups in total. The molecule has 2 amide bonds. The van der Waals surface area contributed by atoms with Crippen molar-refractivity contribution < 1.29 is 22.8 Å². The van der Waals surface area contributed by atoms with Gasteiger partial charge in [-0.25, -0.2) is 4.98 Å². The van der Waals surface area contributed by atoms with Gasteiger partial charge < -0.3 is 10.2 Å². The lowest BCUT2D eigenvalue weighted by Gasteiger charge is -2.31. The van der Waals surface area contributed by atoms with Crippen LogP contribution in [0.2, 0.25) is 0 Å². The van der Waals surface area contributed by atoms with Crippen LogP contribution in [0.1, 0.15) is 39.8 Å². The number of aromatic nitrogens is 1. The molecule has 0 aliphatic carbocycles. The van der Waals surface area contributed by atoms with Crippen molar-refractivity contribution in [3.05, 3.63) is 70.2 Å². The maximum Gasteiger partial charge on any atom is 0.393 e. The highest BCUT2D eigenvalue weighted by Crippen LogP contribution is 2.32. The second kappa shape index (κ2) is 11.5. The minimum atomic E-state index is -4.26. The van der Waals surface area contributed by atoms with Crippen LogP contribution < -0.4 is 5.32 Å². The molecule has 1 aromatic heterocycles. The van der Waals surface area contributed by atoms with Gasteiger partial charge in [-0.1, -0.05) is 42.5 Å². The van der Waals surface area contributed by atoms with E-state index in [1.807, 2.05) is 23.3 Å². The molecular formula is C26H26F3N3O2S2. The minimum absolute atomic E-state index is 0.161. The fraction of sp³-hybridized carbons (Fsp3) is 0.346. The average Bonchev–Trinajstić information content (AvgIpc) is 3.35. The lowest BCUT2D eigenvalue weighted by atomic mass is 9.97. The van der Waals surface area contributed by atoms with Gasteiger partial charge in [0, 0.05) is 35.6 Å². The van der Waals surface area contributed by atoms with Crippen LogP contribution in [0.4, 0.5) is 18.9 Å². The molecule has 0 unspecified atom stereocenters. The summed E-state index contributed by atoms with van der Waals surface area (Å²) in [5.74, 6) is 0.531. The predicted molar refractivity (Wildman–Crippen MR) is 139 cm³/mol. The maximum atomic E-state index is 13.0. The van der Waals surface area contributed by atoms with Crippen LogP contribution in [0, 0.1) is 0 Å². The summed E-state index contributed by atoms with van der Waals surface area (Å²) < 4.78 is 38.0. The van der Waals surface area contributed by atoms with Gasteiger partial charge in [-0.2, -0.15) is 24.9 Å². The topological polar surface area (TPSA) is 62.3 Å². The Hall–Kier alpha value is -2.85. The van der Waals surface area contributed by atoms with E-state index in [-0.39, 0.29) is 23.3 Å². The Labute approximate surface area is 216 Å². The minimum Gasteiger partial charge on any atom is -0.342 e. The molecule has 190 valence electrons. The summed E-state index contributed by atoms with van der Waals surface area (Å²) >= 11 is 2.97. The van der Waals surface area contributed by atoms with Crippen molar-refractivity contribution in [2.45, 2.75) is 31.4 Å². The van der Waals surface area contributed by atoms with Gasteiger partial charge >= 0.3 is 6.18 Å². The van der Waals surface area contributed by atoms with Crippen LogP contribution in [-0.4, -0.2) is 53.0 Å². The fourth-order valence-electron chi connectivity index (χ4n) is 4.23. The van der Waals surface area contributed by atoms with Gasteiger partial charge in [-0.3, -0.25) is 9.59 Å². The number of piperidine rings is 1. The Balaban J connectivity index is 1.42. The van der Waals surface area contributed by atoms with E-state index in [9.17, 15) is 22.8 Å². The predicted octanol–water partition coefficient (Wildman–Crippen LogP) is 6.24. The number of anilines is 1. The number of carbonyl (C=O) groups is 2. The van der Waals surface area contributed by atoms with Gasteiger partial charge in [-0.05, 0) is 36.3 Å². The van der Waals surface area contributed by atoms with Gasteiger partial charge in [0.15, 0.2) is 0 Å². The van der Waals surface area contributed by atoms with E-state index in [0.717, 1.165) is 17.8 Å². The number of para-hydroxylation sites is 1. The van der Waals surface area contributed by atoms with Crippen LogP contribution >= 0.6 is 23.1 Å². The van der Waals surface area contributed by atoms with Crippen LogP contribution in [0.15, 0.2) is 53.9 Å². The average molecular weight is 534 g/mol. The highest BCUT2D eigenvalue weighted by atomic mass is 32.2. The summed E-state index contributed by atoms with van der Waals surface area (Å²) in [5, 5.41) is 5.54. The monoisotopic (exact) mass is 533 g/mol. The van der Waals surface area contributed by atoms with Crippen LogP contribution in [0.25, 0.3) is 11.1 Å². The number of alkyl halides is 3. The molecule has 10 heteroatoms. The van der Waals surface area contributed by atoms with E-state index in [0.29, 0.717) is 41.4 Å². The molecule has 2 heterocycles. The SMILES string of the molecule is CSCC(=O)N1CCC(c2nc(C(=O)Nc3ccccc3-c3ccc(CC(F)(F)F)cc3)cs2)CC1. The molecule has 0 atom stereocenters. The number of hydrogen-bond donors (Lipinski definition) is 1. The quantitative estimate of drug-likeness (QED) is 0.391. The zero-order chi connectivity index (χ0) is 25.7. The molecule has 0 bridgehead atoms. The first-order valence-electron chi connectivity index (χ1n) is 11.5. The number of nitrogens with zero attached hydrogens (tertiary/aromatic N) is 2. The van der Waals surface area contributed by atoms with Gasteiger partial charge in [0.2, 0.25) is 5.91 Å². The zero-order valence-electron chi connectivity index (χ0n) is 19.7. The van der Waals surface area contributed by atoms with E-state index < -0.39 is 12.6 Å². The van der Waals surface area contributed by atoms with Crippen LogP contribution in [0.3, 0.4) is 0 Å². The maximum absolute atomic E-state index is 13.0.